The Hall–Kier alpha value is -1.73. The molecule has 0 saturated carbocycles. The van der Waals surface area contributed by atoms with E-state index in [9.17, 15) is 10.2 Å². The van der Waals surface area contributed by atoms with Crippen molar-refractivity contribution in [3.8, 4) is 0 Å². The topological polar surface area (TPSA) is 87.3 Å². The second-order valence-electron chi connectivity index (χ2n) is 7.24. The zero-order valence-electron chi connectivity index (χ0n) is 14.6. The molecule has 23 heavy (non-hydrogen) atoms. The van der Waals surface area contributed by atoms with Crippen LogP contribution in [0.4, 0.5) is 5.82 Å². The van der Waals surface area contributed by atoms with Crippen molar-refractivity contribution in [2.75, 3.05) is 25.1 Å². The molecule has 0 unspecified atom stereocenters. The highest BCUT2D eigenvalue weighted by Gasteiger charge is 2.22. The molecule has 0 amide bonds. The average molecular weight is 321 g/mol. The monoisotopic (exact) mass is 321 g/mol. The highest BCUT2D eigenvalue weighted by Crippen LogP contribution is 2.26. The normalized spacial score (nSPS) is 14.9. The third-order valence-corrected chi connectivity index (χ3v) is 4.00. The Bertz CT molecular complexity index is 647. The van der Waals surface area contributed by atoms with E-state index in [1.165, 1.54) is 6.33 Å². The summed E-state index contributed by atoms with van der Waals surface area (Å²) < 4.78 is 1.71. The summed E-state index contributed by atoms with van der Waals surface area (Å²) in [6, 6.07) is -0.470. The number of imidazole rings is 1. The van der Waals surface area contributed by atoms with Crippen LogP contribution >= 0.6 is 0 Å². The van der Waals surface area contributed by atoms with Crippen LogP contribution in [-0.4, -0.2) is 56.0 Å². The van der Waals surface area contributed by atoms with Gasteiger partial charge in [0.25, 0.3) is 0 Å². The van der Waals surface area contributed by atoms with Crippen molar-refractivity contribution in [1.82, 2.24) is 19.5 Å². The van der Waals surface area contributed by atoms with Crippen LogP contribution in [-0.2, 0) is 0 Å². The van der Waals surface area contributed by atoms with Gasteiger partial charge in [0.1, 0.15) is 6.33 Å². The highest BCUT2D eigenvalue weighted by molar-refractivity contribution is 5.83. The summed E-state index contributed by atoms with van der Waals surface area (Å²) in [5.74, 6) is 0.764. The van der Waals surface area contributed by atoms with Crippen LogP contribution in [0.25, 0.3) is 11.2 Å². The van der Waals surface area contributed by atoms with E-state index < -0.39 is 12.1 Å². The molecule has 128 valence electrons. The third kappa shape index (κ3) is 3.97. The standard InChI is InChI=1S/C16H27N5O2/c1-11(23)12(8-22)21-10-19-13-14(17-9-18-15(13)21)20(5)7-6-16(2,3)4/h9-12,22-23H,6-8H2,1-5H3/t11-,12+/m1/s1. The van der Waals surface area contributed by atoms with Gasteiger partial charge in [0.05, 0.1) is 25.1 Å². The van der Waals surface area contributed by atoms with Gasteiger partial charge in [-0.05, 0) is 18.8 Å². The summed E-state index contributed by atoms with van der Waals surface area (Å²) >= 11 is 0. The van der Waals surface area contributed by atoms with Crippen LogP contribution < -0.4 is 4.90 Å². The first-order valence-electron chi connectivity index (χ1n) is 7.92. The van der Waals surface area contributed by atoms with Gasteiger partial charge in [-0.1, -0.05) is 20.8 Å². The minimum Gasteiger partial charge on any atom is -0.394 e. The van der Waals surface area contributed by atoms with Gasteiger partial charge in [-0.15, -0.1) is 0 Å². The first-order valence-corrected chi connectivity index (χ1v) is 7.92. The number of aliphatic hydroxyl groups is 2. The molecule has 0 aliphatic rings. The quantitative estimate of drug-likeness (QED) is 0.840. The van der Waals surface area contributed by atoms with Gasteiger partial charge >= 0.3 is 0 Å². The van der Waals surface area contributed by atoms with Gasteiger partial charge in [-0.3, -0.25) is 0 Å². The molecular formula is C16H27N5O2. The average Bonchev–Trinajstić information content (AvgIpc) is 2.88. The molecule has 0 radical (unpaired) electrons. The molecule has 2 rings (SSSR count). The molecule has 2 heterocycles. The fraction of sp³-hybridized carbons (Fsp3) is 0.688. The molecule has 0 bridgehead atoms. The molecule has 7 heteroatoms. The van der Waals surface area contributed by atoms with Crippen LogP contribution in [0.15, 0.2) is 12.7 Å². The third-order valence-electron chi connectivity index (χ3n) is 4.00. The van der Waals surface area contributed by atoms with E-state index in [2.05, 4.69) is 40.6 Å². The maximum Gasteiger partial charge on any atom is 0.165 e. The molecule has 2 aromatic heterocycles. The van der Waals surface area contributed by atoms with Crippen LogP contribution in [0, 0.1) is 5.41 Å². The lowest BCUT2D eigenvalue weighted by atomic mass is 9.92. The smallest absolute Gasteiger partial charge is 0.165 e. The molecule has 0 spiro atoms. The number of fused-ring (bicyclic) bond motifs is 1. The first-order chi connectivity index (χ1) is 10.7. The van der Waals surface area contributed by atoms with E-state index in [-0.39, 0.29) is 12.0 Å². The minimum atomic E-state index is -0.700. The molecular weight excluding hydrogens is 294 g/mol. The molecule has 2 N–H and O–H groups in total. The van der Waals surface area contributed by atoms with Crippen molar-refractivity contribution >= 4 is 17.0 Å². The van der Waals surface area contributed by atoms with Crippen LogP contribution in [0.2, 0.25) is 0 Å². The Morgan fingerprint density at radius 1 is 1.26 bits per heavy atom. The molecule has 0 saturated heterocycles. The van der Waals surface area contributed by atoms with E-state index in [0.717, 1.165) is 18.8 Å². The van der Waals surface area contributed by atoms with E-state index in [1.54, 1.807) is 17.8 Å². The molecule has 2 aromatic rings. The Balaban J connectivity index is 2.35. The number of anilines is 1. The second kappa shape index (κ2) is 6.80. The lowest BCUT2D eigenvalue weighted by Gasteiger charge is -2.24. The van der Waals surface area contributed by atoms with E-state index in [1.807, 2.05) is 7.05 Å². The Morgan fingerprint density at radius 2 is 1.96 bits per heavy atom. The number of hydrogen-bond acceptors (Lipinski definition) is 6. The van der Waals surface area contributed by atoms with Crippen LogP contribution in [0.3, 0.4) is 0 Å². The van der Waals surface area contributed by atoms with Crippen molar-refractivity contribution in [2.24, 2.45) is 5.41 Å². The zero-order chi connectivity index (χ0) is 17.2. The van der Waals surface area contributed by atoms with E-state index >= 15 is 0 Å². The fourth-order valence-corrected chi connectivity index (χ4v) is 2.44. The molecule has 2 atom stereocenters. The summed E-state index contributed by atoms with van der Waals surface area (Å²) in [5, 5.41) is 19.4. The molecule has 0 aliphatic heterocycles. The van der Waals surface area contributed by atoms with Gasteiger partial charge in [0.2, 0.25) is 0 Å². The Morgan fingerprint density at radius 3 is 2.52 bits per heavy atom. The van der Waals surface area contributed by atoms with Gasteiger partial charge in [-0.2, -0.15) is 0 Å². The predicted octanol–water partition coefficient (Wildman–Crippen LogP) is 1.61. The predicted molar refractivity (Wildman–Crippen MR) is 90.5 cm³/mol. The van der Waals surface area contributed by atoms with Gasteiger partial charge in [0, 0.05) is 13.6 Å². The van der Waals surface area contributed by atoms with Crippen molar-refractivity contribution < 1.29 is 10.2 Å². The summed E-state index contributed by atoms with van der Waals surface area (Å²) in [6.07, 6.45) is 3.44. The van der Waals surface area contributed by atoms with E-state index in [4.69, 9.17) is 0 Å². The number of aromatic nitrogens is 4. The van der Waals surface area contributed by atoms with Crippen molar-refractivity contribution in [3.05, 3.63) is 12.7 Å². The van der Waals surface area contributed by atoms with Crippen molar-refractivity contribution in [1.29, 1.82) is 0 Å². The lowest BCUT2D eigenvalue weighted by Crippen LogP contribution is -2.25. The second-order valence-corrected chi connectivity index (χ2v) is 7.24. The fourth-order valence-electron chi connectivity index (χ4n) is 2.44. The zero-order valence-corrected chi connectivity index (χ0v) is 14.6. The van der Waals surface area contributed by atoms with Crippen LogP contribution in [0.1, 0.15) is 40.2 Å². The molecule has 0 aliphatic carbocycles. The molecule has 0 aromatic carbocycles. The van der Waals surface area contributed by atoms with Crippen LogP contribution in [0.5, 0.6) is 0 Å². The largest absolute Gasteiger partial charge is 0.394 e. The molecule has 7 nitrogen and oxygen atoms in total. The summed E-state index contributed by atoms with van der Waals surface area (Å²) in [5.41, 5.74) is 1.55. The maximum absolute atomic E-state index is 9.83. The summed E-state index contributed by atoms with van der Waals surface area (Å²) in [4.78, 5) is 15.1. The maximum atomic E-state index is 9.83. The van der Waals surface area contributed by atoms with Crippen molar-refractivity contribution in [3.63, 3.8) is 0 Å². The van der Waals surface area contributed by atoms with Crippen molar-refractivity contribution in [2.45, 2.75) is 46.3 Å². The Kier molecular flexibility index (Phi) is 5.21. The Labute approximate surface area is 137 Å². The number of aliphatic hydroxyl groups excluding tert-OH is 2. The number of rotatable bonds is 6. The van der Waals surface area contributed by atoms with Gasteiger partial charge in [0.15, 0.2) is 17.0 Å². The first kappa shape index (κ1) is 17.6. The lowest BCUT2D eigenvalue weighted by molar-refractivity contribution is 0.0885. The highest BCUT2D eigenvalue weighted by atomic mass is 16.3. The number of nitrogens with zero attached hydrogens (tertiary/aromatic N) is 5. The number of hydrogen-bond donors (Lipinski definition) is 2. The summed E-state index contributed by atoms with van der Waals surface area (Å²) in [7, 11) is 1.99. The SMILES string of the molecule is C[C@@H](O)[C@H](CO)n1cnc2c(N(C)CCC(C)(C)C)ncnc21. The minimum absolute atomic E-state index is 0.178. The van der Waals surface area contributed by atoms with E-state index in [0.29, 0.717) is 11.2 Å². The molecule has 0 fully saturated rings. The van der Waals surface area contributed by atoms with Gasteiger partial charge < -0.3 is 19.7 Å². The van der Waals surface area contributed by atoms with Gasteiger partial charge in [-0.25, -0.2) is 15.0 Å². The summed E-state index contributed by atoms with van der Waals surface area (Å²) in [6.45, 7) is 8.95.